The topological polar surface area (TPSA) is 86.8 Å². The molecule has 0 bridgehead atoms. The van der Waals surface area contributed by atoms with Crippen molar-refractivity contribution in [2.24, 2.45) is 0 Å². The zero-order valence-electron chi connectivity index (χ0n) is 11.7. The largest absolute Gasteiger partial charge is 0.320 e. The molecule has 1 saturated heterocycles. The van der Waals surface area contributed by atoms with Gasteiger partial charge in [-0.25, -0.2) is 8.42 Å². The fourth-order valence-electron chi connectivity index (χ4n) is 2.06. The molecule has 0 aromatic rings. The van der Waals surface area contributed by atoms with Crippen molar-refractivity contribution in [2.45, 2.75) is 18.9 Å². The van der Waals surface area contributed by atoms with Crippen LogP contribution >= 0.6 is 0 Å². The Kier molecular flexibility index (Phi) is 5.75. The molecule has 0 spiro atoms. The minimum atomic E-state index is -3.58. The zero-order valence-corrected chi connectivity index (χ0v) is 13.3. The van der Waals surface area contributed by atoms with Crippen LogP contribution in [0.3, 0.4) is 0 Å². The van der Waals surface area contributed by atoms with Crippen LogP contribution in [0, 0.1) is 0 Å². The molecular weight excluding hydrogens is 290 g/mol. The van der Waals surface area contributed by atoms with Crippen LogP contribution in [-0.2, 0) is 20.0 Å². The van der Waals surface area contributed by atoms with Crippen LogP contribution in [0.25, 0.3) is 0 Å². The highest BCUT2D eigenvalue weighted by atomic mass is 32.2. The molecule has 0 aliphatic carbocycles. The van der Waals surface area contributed by atoms with Gasteiger partial charge in [-0.05, 0) is 26.4 Å². The molecule has 0 saturated carbocycles. The van der Waals surface area contributed by atoms with Gasteiger partial charge in [0, 0.05) is 26.7 Å². The summed E-state index contributed by atoms with van der Waals surface area (Å²) < 4.78 is 49.8. The summed E-state index contributed by atoms with van der Waals surface area (Å²) in [5, 5.41) is 2.96. The number of rotatable bonds is 7. The van der Waals surface area contributed by atoms with Gasteiger partial charge in [-0.2, -0.15) is 17.0 Å². The van der Waals surface area contributed by atoms with Crippen LogP contribution in [0.4, 0.5) is 0 Å². The molecule has 0 radical (unpaired) electrons. The van der Waals surface area contributed by atoms with Crippen LogP contribution in [0.5, 0.6) is 0 Å². The van der Waals surface area contributed by atoms with E-state index in [1.54, 1.807) is 0 Å². The second kappa shape index (κ2) is 6.49. The quantitative estimate of drug-likeness (QED) is 0.602. The van der Waals surface area contributed by atoms with E-state index >= 15 is 0 Å². The van der Waals surface area contributed by atoms with E-state index in [2.05, 4.69) is 5.32 Å². The highest BCUT2D eigenvalue weighted by Gasteiger charge is 2.37. The molecule has 1 aliphatic rings. The van der Waals surface area contributed by atoms with Crippen LogP contribution in [0.15, 0.2) is 0 Å². The van der Waals surface area contributed by atoms with Crippen LogP contribution in [0.1, 0.15) is 12.8 Å². The van der Waals surface area contributed by atoms with Crippen molar-refractivity contribution in [3.8, 4) is 0 Å². The second-order valence-corrected chi connectivity index (χ2v) is 9.18. The predicted molar refractivity (Wildman–Crippen MR) is 74.9 cm³/mol. The average molecular weight is 313 g/mol. The summed E-state index contributed by atoms with van der Waals surface area (Å²) in [6.07, 6.45) is 1.09. The highest BCUT2D eigenvalue weighted by Crippen LogP contribution is 2.20. The number of nitrogens with zero attached hydrogens (tertiary/aromatic N) is 2. The van der Waals surface area contributed by atoms with Gasteiger partial charge in [0.1, 0.15) is 0 Å². The summed E-state index contributed by atoms with van der Waals surface area (Å²) in [4.78, 5) is 0. The van der Waals surface area contributed by atoms with E-state index < -0.39 is 26.1 Å². The predicted octanol–water partition coefficient (Wildman–Crippen LogP) is -1.11. The molecule has 0 aromatic heterocycles. The second-order valence-electron chi connectivity index (χ2n) is 4.86. The molecule has 0 aromatic carbocycles. The zero-order chi connectivity index (χ0) is 14.7. The molecule has 7 nitrogen and oxygen atoms in total. The molecule has 1 N–H and O–H groups in total. The van der Waals surface area contributed by atoms with E-state index in [0.29, 0.717) is 19.4 Å². The van der Waals surface area contributed by atoms with E-state index in [0.717, 1.165) is 6.54 Å². The molecule has 19 heavy (non-hydrogen) atoms. The van der Waals surface area contributed by atoms with Gasteiger partial charge in [0.25, 0.3) is 10.2 Å². The molecule has 1 fully saturated rings. The van der Waals surface area contributed by atoms with E-state index in [4.69, 9.17) is 0 Å². The average Bonchev–Trinajstić information content (AvgIpc) is 2.68. The smallest absolute Gasteiger partial charge is 0.281 e. The lowest BCUT2D eigenvalue weighted by atomic mass is 10.3. The number of hydrogen-bond acceptors (Lipinski definition) is 5. The van der Waals surface area contributed by atoms with Gasteiger partial charge < -0.3 is 5.32 Å². The van der Waals surface area contributed by atoms with Gasteiger partial charge in [0.2, 0.25) is 0 Å². The van der Waals surface area contributed by atoms with E-state index in [1.165, 1.54) is 22.7 Å². The summed E-state index contributed by atoms with van der Waals surface area (Å²) >= 11 is 0. The number of nitrogens with one attached hydrogen (secondary N) is 1. The first-order chi connectivity index (χ1) is 8.70. The maximum Gasteiger partial charge on any atom is 0.281 e. The van der Waals surface area contributed by atoms with Gasteiger partial charge in [-0.15, -0.1) is 0 Å². The lowest BCUT2D eigenvalue weighted by Crippen LogP contribution is -2.46. The van der Waals surface area contributed by atoms with E-state index in [9.17, 15) is 16.8 Å². The molecule has 0 amide bonds. The van der Waals surface area contributed by atoms with Crippen LogP contribution in [0.2, 0.25) is 0 Å². The Morgan fingerprint density at radius 2 is 1.95 bits per heavy atom. The van der Waals surface area contributed by atoms with Crippen molar-refractivity contribution >= 4 is 20.0 Å². The maximum atomic E-state index is 12.3. The van der Waals surface area contributed by atoms with Crippen molar-refractivity contribution < 1.29 is 16.8 Å². The van der Waals surface area contributed by atoms with Gasteiger partial charge in [-0.3, -0.25) is 0 Å². The first-order valence-corrected chi connectivity index (χ1v) is 9.47. The molecule has 9 heteroatoms. The fourth-order valence-corrected chi connectivity index (χ4v) is 5.29. The summed E-state index contributed by atoms with van der Waals surface area (Å²) in [6.45, 7) is 1.15. The lowest BCUT2D eigenvalue weighted by molar-refractivity contribution is 0.346. The Balaban J connectivity index is 2.66. The standard InChI is InChI=1S/C10H23N3O4S2/c1-11-6-4-7-12(2)19(16,17)13(3)10-5-8-18(14,15)9-10/h10-11H,4-9H2,1-3H3. The molecule has 1 unspecified atom stereocenters. The van der Waals surface area contributed by atoms with Crippen molar-refractivity contribution in [1.29, 1.82) is 0 Å². The highest BCUT2D eigenvalue weighted by molar-refractivity contribution is 7.91. The lowest BCUT2D eigenvalue weighted by Gasteiger charge is -2.28. The molecule has 1 rings (SSSR count). The Morgan fingerprint density at radius 1 is 1.32 bits per heavy atom. The molecule has 1 heterocycles. The summed E-state index contributed by atoms with van der Waals surface area (Å²) in [6, 6.07) is -0.443. The first kappa shape index (κ1) is 16.8. The minimum Gasteiger partial charge on any atom is -0.320 e. The van der Waals surface area contributed by atoms with Gasteiger partial charge in [0.05, 0.1) is 11.5 Å². The summed E-state index contributed by atoms with van der Waals surface area (Å²) in [5.41, 5.74) is 0. The van der Waals surface area contributed by atoms with Gasteiger partial charge in [-0.1, -0.05) is 0 Å². The number of hydrogen-bond donors (Lipinski definition) is 1. The third kappa shape index (κ3) is 4.38. The number of sulfone groups is 1. The molecule has 1 atom stereocenters. The van der Waals surface area contributed by atoms with Crippen molar-refractivity contribution in [2.75, 3.05) is 45.7 Å². The van der Waals surface area contributed by atoms with Crippen molar-refractivity contribution in [1.82, 2.24) is 13.9 Å². The first-order valence-electron chi connectivity index (χ1n) is 6.25. The van der Waals surface area contributed by atoms with E-state index in [-0.39, 0.29) is 11.5 Å². The van der Waals surface area contributed by atoms with Crippen LogP contribution < -0.4 is 5.32 Å². The molecular formula is C10H23N3O4S2. The minimum absolute atomic E-state index is 0.0704. The summed E-state index contributed by atoms with van der Waals surface area (Å²) in [5.74, 6) is -0.00587. The SMILES string of the molecule is CNCCCN(C)S(=O)(=O)N(C)C1CCS(=O)(=O)C1. The fraction of sp³-hybridized carbons (Fsp3) is 1.00. The maximum absolute atomic E-state index is 12.3. The van der Waals surface area contributed by atoms with E-state index in [1.807, 2.05) is 7.05 Å². The molecule has 114 valence electrons. The Morgan fingerprint density at radius 3 is 2.42 bits per heavy atom. The van der Waals surface area contributed by atoms with Crippen molar-refractivity contribution in [3.05, 3.63) is 0 Å². The third-order valence-corrected chi connectivity index (χ3v) is 7.13. The molecule has 1 aliphatic heterocycles. The monoisotopic (exact) mass is 313 g/mol. The van der Waals surface area contributed by atoms with Gasteiger partial charge in [0.15, 0.2) is 9.84 Å². The van der Waals surface area contributed by atoms with Crippen molar-refractivity contribution in [3.63, 3.8) is 0 Å². The normalized spacial score (nSPS) is 23.3. The Labute approximate surface area is 116 Å². The van der Waals surface area contributed by atoms with Gasteiger partial charge >= 0.3 is 0 Å². The third-order valence-electron chi connectivity index (χ3n) is 3.38. The summed E-state index contributed by atoms with van der Waals surface area (Å²) in [7, 11) is -1.88. The van der Waals surface area contributed by atoms with Crippen LogP contribution in [-0.4, -0.2) is 77.2 Å². The Hall–Kier alpha value is -0.220. The Bertz CT molecular complexity index is 489.